The average Bonchev–Trinajstić information content (AvgIpc) is 2.74. The zero-order valence-corrected chi connectivity index (χ0v) is 9.65. The second-order valence-corrected chi connectivity index (χ2v) is 5.44. The molecule has 4 nitrogen and oxygen atoms in total. The largest absolute Gasteiger partial charge is 0.388 e. The van der Waals surface area contributed by atoms with Crippen LogP contribution in [0.25, 0.3) is 0 Å². The van der Waals surface area contributed by atoms with Gasteiger partial charge in [-0.25, -0.2) is 0 Å². The van der Waals surface area contributed by atoms with Crippen molar-refractivity contribution in [3.05, 3.63) is 0 Å². The third-order valence-electron chi connectivity index (χ3n) is 3.04. The fraction of sp³-hybridized carbons (Fsp3) is 1.00. The summed E-state index contributed by atoms with van der Waals surface area (Å²) in [4.78, 5) is 0. The maximum Gasteiger partial charge on any atom is 0.109 e. The van der Waals surface area contributed by atoms with Gasteiger partial charge in [0.15, 0.2) is 0 Å². The van der Waals surface area contributed by atoms with E-state index in [9.17, 15) is 10.2 Å². The van der Waals surface area contributed by atoms with Gasteiger partial charge < -0.3 is 19.7 Å². The molecule has 0 amide bonds. The Hall–Kier alpha value is 0.190. The molecule has 0 bridgehead atoms. The van der Waals surface area contributed by atoms with Gasteiger partial charge in [0.1, 0.15) is 12.2 Å². The van der Waals surface area contributed by atoms with E-state index in [1.807, 2.05) is 0 Å². The van der Waals surface area contributed by atoms with Gasteiger partial charge in [0.25, 0.3) is 0 Å². The van der Waals surface area contributed by atoms with E-state index in [0.29, 0.717) is 11.4 Å². The first-order valence-corrected chi connectivity index (χ1v) is 6.44. The van der Waals surface area contributed by atoms with Gasteiger partial charge in [-0.3, -0.25) is 0 Å². The Balaban J connectivity index is 1.73. The number of aliphatic hydroxyl groups excluding tert-OH is 2. The molecular formula is C10H18O4S. The quantitative estimate of drug-likeness (QED) is 0.721. The fourth-order valence-corrected chi connectivity index (χ4v) is 3.31. The summed E-state index contributed by atoms with van der Waals surface area (Å²) in [6.45, 7) is 3.16. The van der Waals surface area contributed by atoms with Crippen LogP contribution in [-0.4, -0.2) is 58.8 Å². The monoisotopic (exact) mass is 234 g/mol. The van der Waals surface area contributed by atoms with E-state index in [2.05, 4.69) is 6.92 Å². The van der Waals surface area contributed by atoms with Crippen molar-refractivity contribution in [3.8, 4) is 0 Å². The lowest BCUT2D eigenvalue weighted by molar-refractivity contribution is 0.0336. The van der Waals surface area contributed by atoms with Crippen molar-refractivity contribution in [2.24, 2.45) is 0 Å². The summed E-state index contributed by atoms with van der Waals surface area (Å²) in [6, 6.07) is 0. The SMILES string of the molecule is CC1OCCC1SCC1OCC(O)C1O. The zero-order valence-electron chi connectivity index (χ0n) is 8.83. The van der Waals surface area contributed by atoms with Crippen LogP contribution in [0.3, 0.4) is 0 Å². The lowest BCUT2D eigenvalue weighted by Crippen LogP contribution is -2.32. The number of rotatable bonds is 3. The van der Waals surface area contributed by atoms with Gasteiger partial charge in [-0.2, -0.15) is 11.8 Å². The van der Waals surface area contributed by atoms with Crippen LogP contribution < -0.4 is 0 Å². The van der Waals surface area contributed by atoms with Gasteiger partial charge >= 0.3 is 0 Å². The summed E-state index contributed by atoms with van der Waals surface area (Å²) in [7, 11) is 0. The molecule has 2 rings (SSSR count). The van der Waals surface area contributed by atoms with Crippen LogP contribution in [0.1, 0.15) is 13.3 Å². The predicted octanol–water partition coefficient (Wildman–Crippen LogP) is 0.0176. The molecule has 2 aliphatic rings. The predicted molar refractivity (Wildman–Crippen MR) is 58.0 cm³/mol. The van der Waals surface area contributed by atoms with Gasteiger partial charge in [0.05, 0.1) is 18.8 Å². The van der Waals surface area contributed by atoms with Gasteiger partial charge in [-0.05, 0) is 13.3 Å². The zero-order chi connectivity index (χ0) is 10.8. The molecule has 2 fully saturated rings. The molecule has 5 unspecified atom stereocenters. The normalized spacial score (nSPS) is 46.2. The second kappa shape index (κ2) is 5.01. The lowest BCUT2D eigenvalue weighted by Gasteiger charge is -2.18. The molecular weight excluding hydrogens is 216 g/mol. The summed E-state index contributed by atoms with van der Waals surface area (Å²) in [5.41, 5.74) is 0. The van der Waals surface area contributed by atoms with E-state index in [0.717, 1.165) is 18.8 Å². The molecule has 0 spiro atoms. The van der Waals surface area contributed by atoms with Gasteiger partial charge in [-0.15, -0.1) is 0 Å². The van der Waals surface area contributed by atoms with E-state index in [4.69, 9.17) is 9.47 Å². The first kappa shape index (κ1) is 11.7. The first-order valence-electron chi connectivity index (χ1n) is 5.39. The lowest BCUT2D eigenvalue weighted by atomic mass is 10.2. The minimum absolute atomic E-state index is 0.224. The molecule has 0 aromatic rings. The molecule has 5 heteroatoms. The third-order valence-corrected chi connectivity index (χ3v) is 4.61. The summed E-state index contributed by atoms with van der Waals surface area (Å²) < 4.78 is 10.8. The highest BCUT2D eigenvalue weighted by Crippen LogP contribution is 2.29. The molecule has 2 aliphatic heterocycles. The van der Waals surface area contributed by atoms with Crippen molar-refractivity contribution < 1.29 is 19.7 Å². The highest BCUT2D eigenvalue weighted by atomic mass is 32.2. The van der Waals surface area contributed by atoms with Gasteiger partial charge in [-0.1, -0.05) is 0 Å². The minimum atomic E-state index is -0.727. The van der Waals surface area contributed by atoms with E-state index in [1.54, 1.807) is 11.8 Å². The highest BCUT2D eigenvalue weighted by molar-refractivity contribution is 8.00. The summed E-state index contributed by atoms with van der Waals surface area (Å²) >= 11 is 1.77. The number of ether oxygens (including phenoxy) is 2. The van der Waals surface area contributed by atoms with Crippen LogP contribution in [-0.2, 0) is 9.47 Å². The number of hydrogen-bond acceptors (Lipinski definition) is 5. The number of thioether (sulfide) groups is 1. The molecule has 0 aromatic carbocycles. The number of hydrogen-bond donors (Lipinski definition) is 2. The Morgan fingerprint density at radius 3 is 2.67 bits per heavy atom. The van der Waals surface area contributed by atoms with Gasteiger partial charge in [0, 0.05) is 17.6 Å². The number of aliphatic hydroxyl groups is 2. The summed E-state index contributed by atoms with van der Waals surface area (Å²) in [5.74, 6) is 0.733. The van der Waals surface area contributed by atoms with Crippen molar-refractivity contribution in [2.75, 3.05) is 19.0 Å². The standard InChI is InChI=1S/C10H18O4S/c1-6-9(2-3-13-6)15-5-8-10(12)7(11)4-14-8/h6-12H,2-5H2,1H3. The Morgan fingerprint density at radius 1 is 1.33 bits per heavy atom. The Labute approximate surface area is 94.0 Å². The highest BCUT2D eigenvalue weighted by Gasteiger charge is 2.35. The fourth-order valence-electron chi connectivity index (χ4n) is 1.96. The van der Waals surface area contributed by atoms with E-state index in [-0.39, 0.29) is 12.7 Å². The first-order chi connectivity index (χ1) is 7.18. The molecule has 0 radical (unpaired) electrons. The minimum Gasteiger partial charge on any atom is -0.388 e. The molecule has 5 atom stereocenters. The molecule has 2 N–H and O–H groups in total. The second-order valence-electron chi connectivity index (χ2n) is 4.17. The molecule has 88 valence electrons. The van der Waals surface area contributed by atoms with E-state index < -0.39 is 12.2 Å². The van der Waals surface area contributed by atoms with Crippen molar-refractivity contribution in [1.82, 2.24) is 0 Å². The van der Waals surface area contributed by atoms with Crippen molar-refractivity contribution in [1.29, 1.82) is 0 Å². The van der Waals surface area contributed by atoms with Crippen LogP contribution in [0, 0.1) is 0 Å². The summed E-state index contributed by atoms with van der Waals surface area (Å²) in [5, 5.41) is 19.4. The van der Waals surface area contributed by atoms with Crippen LogP contribution >= 0.6 is 11.8 Å². The Morgan fingerprint density at radius 2 is 2.13 bits per heavy atom. The maximum absolute atomic E-state index is 9.58. The molecule has 15 heavy (non-hydrogen) atoms. The van der Waals surface area contributed by atoms with Crippen molar-refractivity contribution in [3.63, 3.8) is 0 Å². The summed E-state index contributed by atoms with van der Waals surface area (Å²) in [6.07, 6.45) is -0.309. The van der Waals surface area contributed by atoms with Crippen LogP contribution in [0.15, 0.2) is 0 Å². The van der Waals surface area contributed by atoms with Gasteiger partial charge in [0.2, 0.25) is 0 Å². The van der Waals surface area contributed by atoms with Crippen LogP contribution in [0.5, 0.6) is 0 Å². The van der Waals surface area contributed by atoms with Crippen LogP contribution in [0.2, 0.25) is 0 Å². The van der Waals surface area contributed by atoms with E-state index >= 15 is 0 Å². The topological polar surface area (TPSA) is 58.9 Å². The third kappa shape index (κ3) is 2.65. The molecule has 0 aliphatic carbocycles. The average molecular weight is 234 g/mol. The maximum atomic E-state index is 9.58. The van der Waals surface area contributed by atoms with Crippen molar-refractivity contribution >= 4 is 11.8 Å². The smallest absolute Gasteiger partial charge is 0.109 e. The Bertz CT molecular complexity index is 214. The molecule has 0 aromatic heterocycles. The van der Waals surface area contributed by atoms with Crippen LogP contribution in [0.4, 0.5) is 0 Å². The molecule has 0 saturated carbocycles. The van der Waals surface area contributed by atoms with Crippen molar-refractivity contribution in [2.45, 2.75) is 43.0 Å². The Kier molecular flexibility index (Phi) is 3.90. The molecule has 2 heterocycles. The van der Waals surface area contributed by atoms with E-state index in [1.165, 1.54) is 0 Å². The molecule has 2 saturated heterocycles.